The fraction of sp³-hybridized carbons (Fsp3) is 0.750. The molecule has 0 saturated heterocycles. The highest BCUT2D eigenvalue weighted by atomic mass is 16.5. The van der Waals surface area contributed by atoms with Crippen LogP contribution in [0.4, 0.5) is 0 Å². The van der Waals surface area contributed by atoms with Crippen molar-refractivity contribution >= 4 is 5.91 Å². The summed E-state index contributed by atoms with van der Waals surface area (Å²) in [5.74, 6) is 1.72. The van der Waals surface area contributed by atoms with E-state index in [4.69, 9.17) is 9.47 Å². The van der Waals surface area contributed by atoms with Gasteiger partial charge in [-0.1, -0.05) is 0 Å². The van der Waals surface area contributed by atoms with Gasteiger partial charge in [0, 0.05) is 27.2 Å². The molecule has 1 aromatic rings. The van der Waals surface area contributed by atoms with Gasteiger partial charge in [0.05, 0.1) is 19.8 Å². The van der Waals surface area contributed by atoms with Gasteiger partial charge in [0.25, 0.3) is 0 Å². The lowest BCUT2D eigenvalue weighted by Gasteiger charge is -2.31. The summed E-state index contributed by atoms with van der Waals surface area (Å²) < 4.78 is 12.0. The number of hydrogen-bond acceptors (Lipinski definition) is 5. The maximum Gasteiger partial charge on any atom is 0.245 e. The van der Waals surface area contributed by atoms with E-state index in [0.717, 1.165) is 11.6 Å². The zero-order valence-corrected chi connectivity index (χ0v) is 11.6. The summed E-state index contributed by atoms with van der Waals surface area (Å²) in [6.07, 6.45) is 0.666. The molecule has 1 amide bonds. The molecule has 1 atom stereocenters. The van der Waals surface area contributed by atoms with E-state index >= 15 is 0 Å². The van der Waals surface area contributed by atoms with Crippen molar-refractivity contribution in [3.05, 3.63) is 11.6 Å². The maximum atomic E-state index is 12.3. The molecule has 0 spiro atoms. The van der Waals surface area contributed by atoms with Crippen LogP contribution in [0.3, 0.4) is 0 Å². The van der Waals surface area contributed by atoms with Crippen LogP contribution in [0.25, 0.3) is 0 Å². The van der Waals surface area contributed by atoms with E-state index in [0.29, 0.717) is 32.7 Å². The summed E-state index contributed by atoms with van der Waals surface area (Å²) in [6.45, 7) is 4.06. The minimum Gasteiger partial charge on any atom is -0.384 e. The predicted octanol–water partition coefficient (Wildman–Crippen LogP) is 0.0166. The Bertz CT molecular complexity index is 446. The SMILES string of the molecule is COCCc1nnc2n1[C@@H](C)C(=O)N(CCOC)C2. The first kappa shape index (κ1) is 14.0. The van der Waals surface area contributed by atoms with E-state index in [1.54, 1.807) is 19.1 Å². The van der Waals surface area contributed by atoms with Crippen molar-refractivity contribution in [2.75, 3.05) is 34.0 Å². The molecule has 0 saturated carbocycles. The molecule has 1 aliphatic heterocycles. The Balaban J connectivity index is 2.17. The van der Waals surface area contributed by atoms with Crippen LogP contribution in [-0.4, -0.2) is 59.5 Å². The Morgan fingerprint density at radius 1 is 1.26 bits per heavy atom. The molecular formula is C12H20N4O3. The summed E-state index contributed by atoms with van der Waals surface area (Å²) in [7, 11) is 3.28. The molecule has 2 rings (SSSR count). The lowest BCUT2D eigenvalue weighted by molar-refractivity contribution is -0.137. The molecule has 1 aromatic heterocycles. The van der Waals surface area contributed by atoms with Crippen LogP contribution in [0.15, 0.2) is 0 Å². The van der Waals surface area contributed by atoms with E-state index in [1.807, 2.05) is 11.5 Å². The molecule has 19 heavy (non-hydrogen) atoms. The Morgan fingerprint density at radius 3 is 2.68 bits per heavy atom. The Kier molecular flexibility index (Phi) is 4.49. The van der Waals surface area contributed by atoms with E-state index in [2.05, 4.69) is 10.2 Å². The number of rotatable bonds is 6. The van der Waals surface area contributed by atoms with E-state index in [-0.39, 0.29) is 11.9 Å². The van der Waals surface area contributed by atoms with Crippen LogP contribution in [0.5, 0.6) is 0 Å². The largest absolute Gasteiger partial charge is 0.384 e. The van der Waals surface area contributed by atoms with Gasteiger partial charge in [-0.05, 0) is 6.92 Å². The standard InChI is InChI=1S/C12H20N4O3/c1-9-12(17)15(5-7-19-3)8-11-14-13-10(16(9)11)4-6-18-2/h9H,4-8H2,1-3H3/t9-/m0/s1. The van der Waals surface area contributed by atoms with Crippen LogP contribution >= 0.6 is 0 Å². The maximum absolute atomic E-state index is 12.3. The smallest absolute Gasteiger partial charge is 0.245 e. The van der Waals surface area contributed by atoms with Gasteiger partial charge in [-0.25, -0.2) is 0 Å². The van der Waals surface area contributed by atoms with Crippen molar-refractivity contribution in [3.63, 3.8) is 0 Å². The quantitative estimate of drug-likeness (QED) is 0.727. The average molecular weight is 268 g/mol. The summed E-state index contributed by atoms with van der Waals surface area (Å²) in [4.78, 5) is 14.0. The first-order valence-electron chi connectivity index (χ1n) is 6.38. The van der Waals surface area contributed by atoms with Gasteiger partial charge in [-0.3, -0.25) is 4.79 Å². The molecule has 106 valence electrons. The zero-order valence-electron chi connectivity index (χ0n) is 11.6. The number of ether oxygens (including phenoxy) is 2. The third kappa shape index (κ3) is 2.76. The van der Waals surface area contributed by atoms with Crippen molar-refractivity contribution in [1.29, 1.82) is 0 Å². The van der Waals surface area contributed by atoms with Gasteiger partial charge in [0.1, 0.15) is 11.9 Å². The number of aromatic nitrogens is 3. The van der Waals surface area contributed by atoms with Crippen molar-refractivity contribution in [1.82, 2.24) is 19.7 Å². The normalized spacial score (nSPS) is 18.8. The summed E-state index contributed by atoms with van der Waals surface area (Å²) in [5.41, 5.74) is 0. The van der Waals surface area contributed by atoms with Gasteiger partial charge in [-0.15, -0.1) is 10.2 Å². The number of hydrogen-bond donors (Lipinski definition) is 0. The lowest BCUT2D eigenvalue weighted by atomic mass is 10.2. The van der Waals surface area contributed by atoms with Crippen molar-refractivity contribution < 1.29 is 14.3 Å². The molecule has 0 radical (unpaired) electrons. The topological polar surface area (TPSA) is 69.5 Å². The molecular weight excluding hydrogens is 248 g/mol. The fourth-order valence-electron chi connectivity index (χ4n) is 2.29. The highest BCUT2D eigenvalue weighted by molar-refractivity contribution is 5.81. The van der Waals surface area contributed by atoms with Gasteiger partial charge >= 0.3 is 0 Å². The molecule has 7 heteroatoms. The molecule has 1 aliphatic rings. The fourth-order valence-corrected chi connectivity index (χ4v) is 2.29. The molecule has 0 aliphatic carbocycles. The van der Waals surface area contributed by atoms with Gasteiger partial charge < -0.3 is 18.9 Å². The first-order valence-corrected chi connectivity index (χ1v) is 6.38. The zero-order chi connectivity index (χ0) is 13.8. The Labute approximate surface area is 112 Å². The van der Waals surface area contributed by atoms with Gasteiger partial charge in [0.2, 0.25) is 5.91 Å². The number of nitrogens with zero attached hydrogens (tertiary/aromatic N) is 4. The molecule has 0 unspecified atom stereocenters. The van der Waals surface area contributed by atoms with Crippen molar-refractivity contribution in [2.45, 2.75) is 25.9 Å². The van der Waals surface area contributed by atoms with Crippen LogP contribution < -0.4 is 0 Å². The first-order chi connectivity index (χ1) is 9.19. The molecule has 0 aromatic carbocycles. The highest BCUT2D eigenvalue weighted by Gasteiger charge is 2.32. The summed E-state index contributed by atoms with van der Waals surface area (Å²) >= 11 is 0. The Hall–Kier alpha value is -1.47. The number of methoxy groups -OCH3 is 2. The van der Waals surface area contributed by atoms with Crippen LogP contribution in [-0.2, 0) is 27.2 Å². The molecule has 0 bridgehead atoms. The van der Waals surface area contributed by atoms with Gasteiger partial charge in [-0.2, -0.15) is 0 Å². The number of carbonyl (C=O) groups excluding carboxylic acids is 1. The molecule has 2 heterocycles. The summed E-state index contributed by atoms with van der Waals surface area (Å²) in [5, 5.41) is 8.33. The minimum absolute atomic E-state index is 0.0861. The van der Waals surface area contributed by atoms with Crippen LogP contribution in [0, 0.1) is 0 Å². The van der Waals surface area contributed by atoms with Crippen molar-refractivity contribution in [3.8, 4) is 0 Å². The average Bonchev–Trinajstić information content (AvgIpc) is 2.82. The second kappa shape index (κ2) is 6.12. The Morgan fingerprint density at radius 2 is 2.00 bits per heavy atom. The third-order valence-electron chi connectivity index (χ3n) is 3.32. The van der Waals surface area contributed by atoms with E-state index < -0.39 is 0 Å². The number of fused-ring (bicyclic) bond motifs is 1. The minimum atomic E-state index is -0.262. The van der Waals surface area contributed by atoms with E-state index in [1.165, 1.54) is 0 Å². The highest BCUT2D eigenvalue weighted by Crippen LogP contribution is 2.22. The summed E-state index contributed by atoms with van der Waals surface area (Å²) in [6, 6.07) is -0.262. The molecule has 7 nitrogen and oxygen atoms in total. The molecule has 0 fully saturated rings. The van der Waals surface area contributed by atoms with Crippen LogP contribution in [0.1, 0.15) is 24.6 Å². The van der Waals surface area contributed by atoms with Crippen LogP contribution in [0.2, 0.25) is 0 Å². The van der Waals surface area contributed by atoms with Crippen molar-refractivity contribution in [2.24, 2.45) is 0 Å². The second-order valence-corrected chi connectivity index (χ2v) is 4.57. The molecule has 0 N–H and O–H groups in total. The van der Waals surface area contributed by atoms with Gasteiger partial charge in [0.15, 0.2) is 5.82 Å². The number of carbonyl (C=O) groups is 1. The monoisotopic (exact) mass is 268 g/mol. The predicted molar refractivity (Wildman–Crippen MR) is 67.6 cm³/mol. The van der Waals surface area contributed by atoms with E-state index in [9.17, 15) is 4.79 Å². The lowest BCUT2D eigenvalue weighted by Crippen LogP contribution is -2.43. The third-order valence-corrected chi connectivity index (χ3v) is 3.32. The second-order valence-electron chi connectivity index (χ2n) is 4.57. The number of amides is 1.